The van der Waals surface area contributed by atoms with Crippen molar-refractivity contribution in [1.82, 2.24) is 0 Å². The van der Waals surface area contributed by atoms with Crippen molar-refractivity contribution < 1.29 is 19.4 Å². The second-order valence-corrected chi connectivity index (χ2v) is 6.35. The number of benzene rings is 2. The summed E-state index contributed by atoms with van der Waals surface area (Å²) < 4.78 is 5.36. The zero-order chi connectivity index (χ0) is 19.1. The second kappa shape index (κ2) is 9.04. The quantitative estimate of drug-likeness (QED) is 0.790. The summed E-state index contributed by atoms with van der Waals surface area (Å²) in [6.07, 6.45) is 0.250. The van der Waals surface area contributed by atoms with Crippen molar-refractivity contribution >= 4 is 17.6 Å². The van der Waals surface area contributed by atoms with E-state index in [0.717, 1.165) is 11.1 Å². The number of amides is 1. The molecule has 0 saturated carbocycles. The fraction of sp³-hybridized carbons (Fsp3) is 0.333. The van der Waals surface area contributed by atoms with Gasteiger partial charge in [-0.2, -0.15) is 0 Å². The van der Waals surface area contributed by atoms with Crippen LogP contribution in [0.5, 0.6) is 5.75 Å². The van der Waals surface area contributed by atoms with Crippen LogP contribution in [0, 0.1) is 18.8 Å². The van der Waals surface area contributed by atoms with Crippen LogP contribution < -0.4 is 15.2 Å². The highest BCUT2D eigenvalue weighted by atomic mass is 16.5. The standard InChI is InChI=1S/C21H25NO4/c1-4-26-18-11-9-17(10-12-18)22-20(23)15(3)19(21(24)25)13-16-7-5-14(2)6-8-16/h5-12,15,19H,4,13H2,1-3H3,(H,22,23)(H,24,25)/p-1. The molecule has 0 aliphatic heterocycles. The molecule has 2 unspecified atom stereocenters. The van der Waals surface area contributed by atoms with Gasteiger partial charge >= 0.3 is 0 Å². The molecule has 5 nitrogen and oxygen atoms in total. The summed E-state index contributed by atoms with van der Waals surface area (Å²) in [5.74, 6) is -2.49. The molecule has 5 heteroatoms. The number of carbonyl (C=O) groups excluding carboxylic acids is 2. The van der Waals surface area contributed by atoms with Gasteiger partial charge in [0.25, 0.3) is 0 Å². The molecule has 1 amide bonds. The van der Waals surface area contributed by atoms with Crippen molar-refractivity contribution in [3.05, 3.63) is 59.7 Å². The van der Waals surface area contributed by atoms with Gasteiger partial charge in [-0.3, -0.25) is 4.79 Å². The first-order chi connectivity index (χ1) is 12.4. The highest BCUT2D eigenvalue weighted by Gasteiger charge is 2.25. The average Bonchev–Trinajstić information content (AvgIpc) is 2.62. The van der Waals surface area contributed by atoms with Crippen LogP contribution in [0.2, 0.25) is 0 Å². The number of nitrogens with one attached hydrogen (secondary N) is 1. The van der Waals surface area contributed by atoms with Gasteiger partial charge in [0, 0.05) is 23.5 Å². The summed E-state index contributed by atoms with van der Waals surface area (Å²) >= 11 is 0. The zero-order valence-electron chi connectivity index (χ0n) is 15.3. The van der Waals surface area contributed by atoms with E-state index < -0.39 is 17.8 Å². The summed E-state index contributed by atoms with van der Waals surface area (Å²) in [5.41, 5.74) is 2.56. The van der Waals surface area contributed by atoms with Crippen LogP contribution in [0.4, 0.5) is 5.69 Å². The summed E-state index contributed by atoms with van der Waals surface area (Å²) in [6.45, 7) is 6.03. The molecule has 0 aromatic heterocycles. The van der Waals surface area contributed by atoms with Crippen molar-refractivity contribution in [2.45, 2.75) is 27.2 Å². The molecule has 0 spiro atoms. The number of ether oxygens (including phenoxy) is 1. The van der Waals surface area contributed by atoms with Gasteiger partial charge in [-0.1, -0.05) is 36.8 Å². The minimum atomic E-state index is -1.22. The lowest BCUT2D eigenvalue weighted by Gasteiger charge is -2.24. The number of hydrogen-bond donors (Lipinski definition) is 1. The average molecular weight is 354 g/mol. The molecule has 138 valence electrons. The Morgan fingerprint density at radius 2 is 1.69 bits per heavy atom. The number of hydrogen-bond acceptors (Lipinski definition) is 4. The Balaban J connectivity index is 2.04. The molecule has 0 fully saturated rings. The molecule has 1 N–H and O–H groups in total. The van der Waals surface area contributed by atoms with Crippen molar-refractivity contribution in [3.8, 4) is 5.75 Å². The second-order valence-electron chi connectivity index (χ2n) is 6.35. The Morgan fingerprint density at radius 3 is 2.23 bits per heavy atom. The minimum Gasteiger partial charge on any atom is -0.550 e. The number of rotatable bonds is 8. The van der Waals surface area contributed by atoms with E-state index in [9.17, 15) is 14.7 Å². The van der Waals surface area contributed by atoms with Crippen molar-refractivity contribution in [2.24, 2.45) is 11.8 Å². The number of anilines is 1. The first kappa shape index (κ1) is 19.5. The normalized spacial score (nSPS) is 12.9. The number of aliphatic carboxylic acids is 1. The Morgan fingerprint density at radius 1 is 1.08 bits per heavy atom. The smallest absolute Gasteiger partial charge is 0.227 e. The van der Waals surface area contributed by atoms with Gasteiger partial charge in [-0.05, 0) is 50.1 Å². The largest absolute Gasteiger partial charge is 0.550 e. The Kier molecular flexibility index (Phi) is 6.78. The lowest BCUT2D eigenvalue weighted by atomic mass is 9.87. The SMILES string of the molecule is CCOc1ccc(NC(=O)C(C)C(Cc2ccc(C)cc2)C(=O)[O-])cc1. The van der Waals surface area contributed by atoms with Crippen LogP contribution in [0.1, 0.15) is 25.0 Å². The fourth-order valence-electron chi connectivity index (χ4n) is 2.68. The van der Waals surface area contributed by atoms with Crippen LogP contribution in [-0.2, 0) is 16.0 Å². The van der Waals surface area contributed by atoms with E-state index in [1.165, 1.54) is 0 Å². The molecule has 2 aromatic rings. The lowest BCUT2D eigenvalue weighted by molar-refractivity contribution is -0.312. The lowest BCUT2D eigenvalue weighted by Crippen LogP contribution is -2.40. The monoisotopic (exact) mass is 354 g/mol. The van der Waals surface area contributed by atoms with E-state index in [0.29, 0.717) is 18.0 Å². The van der Waals surface area contributed by atoms with E-state index in [1.807, 2.05) is 38.1 Å². The molecule has 0 aliphatic rings. The van der Waals surface area contributed by atoms with Crippen LogP contribution in [0.25, 0.3) is 0 Å². The molecule has 0 aliphatic carbocycles. The summed E-state index contributed by atoms with van der Waals surface area (Å²) in [7, 11) is 0. The van der Waals surface area contributed by atoms with E-state index in [-0.39, 0.29) is 12.3 Å². The molecule has 26 heavy (non-hydrogen) atoms. The number of aryl methyl sites for hydroxylation is 1. The van der Waals surface area contributed by atoms with Gasteiger partial charge < -0.3 is 20.0 Å². The van der Waals surface area contributed by atoms with Crippen LogP contribution in [0.15, 0.2) is 48.5 Å². The first-order valence-corrected chi connectivity index (χ1v) is 8.70. The van der Waals surface area contributed by atoms with Gasteiger partial charge in [0.2, 0.25) is 5.91 Å². The Hall–Kier alpha value is -2.82. The third-order valence-corrected chi connectivity index (χ3v) is 4.33. The number of carboxylic acids is 1. The molecular formula is C21H24NO4-. The van der Waals surface area contributed by atoms with Gasteiger partial charge in [0.15, 0.2) is 0 Å². The maximum atomic E-state index is 12.5. The van der Waals surface area contributed by atoms with Crippen LogP contribution in [-0.4, -0.2) is 18.5 Å². The summed E-state index contributed by atoms with van der Waals surface area (Å²) in [4.78, 5) is 24.1. The zero-order valence-corrected chi connectivity index (χ0v) is 15.3. The van der Waals surface area contributed by atoms with E-state index in [1.54, 1.807) is 31.2 Å². The molecular weight excluding hydrogens is 330 g/mol. The van der Waals surface area contributed by atoms with Crippen LogP contribution in [0.3, 0.4) is 0 Å². The Bertz CT molecular complexity index is 738. The fourth-order valence-corrected chi connectivity index (χ4v) is 2.68. The highest BCUT2D eigenvalue weighted by molar-refractivity contribution is 5.94. The number of carboxylic acid groups (broad SMARTS) is 1. The first-order valence-electron chi connectivity index (χ1n) is 8.70. The van der Waals surface area contributed by atoms with Gasteiger partial charge in [0.05, 0.1) is 6.61 Å². The highest BCUT2D eigenvalue weighted by Crippen LogP contribution is 2.21. The Labute approximate surface area is 154 Å². The van der Waals surface area contributed by atoms with Gasteiger partial charge in [-0.25, -0.2) is 0 Å². The maximum absolute atomic E-state index is 12.5. The van der Waals surface area contributed by atoms with Crippen LogP contribution >= 0.6 is 0 Å². The molecule has 2 rings (SSSR count). The van der Waals surface area contributed by atoms with E-state index in [4.69, 9.17) is 4.74 Å². The minimum absolute atomic E-state index is 0.250. The topological polar surface area (TPSA) is 78.5 Å². The molecule has 0 heterocycles. The number of carbonyl (C=O) groups is 2. The molecule has 2 atom stereocenters. The predicted octanol–water partition coefficient (Wildman–Crippen LogP) is 2.58. The van der Waals surface area contributed by atoms with Crippen molar-refractivity contribution in [3.63, 3.8) is 0 Å². The molecule has 0 radical (unpaired) electrons. The van der Waals surface area contributed by atoms with Gasteiger partial charge in [0.1, 0.15) is 5.75 Å². The summed E-state index contributed by atoms with van der Waals surface area (Å²) in [5, 5.41) is 14.3. The van der Waals surface area contributed by atoms with Crippen molar-refractivity contribution in [2.75, 3.05) is 11.9 Å². The van der Waals surface area contributed by atoms with E-state index >= 15 is 0 Å². The third-order valence-electron chi connectivity index (χ3n) is 4.33. The summed E-state index contributed by atoms with van der Waals surface area (Å²) in [6, 6.07) is 14.6. The maximum Gasteiger partial charge on any atom is 0.227 e. The van der Waals surface area contributed by atoms with E-state index in [2.05, 4.69) is 5.32 Å². The molecule has 2 aromatic carbocycles. The third kappa shape index (κ3) is 5.34. The molecule has 0 bridgehead atoms. The predicted molar refractivity (Wildman–Crippen MR) is 98.8 cm³/mol. The van der Waals surface area contributed by atoms with Gasteiger partial charge in [-0.15, -0.1) is 0 Å². The molecule has 0 saturated heterocycles. The van der Waals surface area contributed by atoms with Crippen molar-refractivity contribution in [1.29, 1.82) is 0 Å².